The summed E-state index contributed by atoms with van der Waals surface area (Å²) in [5.41, 5.74) is 4.37. The second-order valence-corrected chi connectivity index (χ2v) is 6.29. The van der Waals surface area contributed by atoms with Crippen LogP contribution < -0.4 is 5.32 Å². The first kappa shape index (κ1) is 16.6. The van der Waals surface area contributed by atoms with Crippen molar-refractivity contribution in [3.8, 4) is 0 Å². The summed E-state index contributed by atoms with van der Waals surface area (Å²) >= 11 is 12.0. The van der Waals surface area contributed by atoms with Crippen LogP contribution in [0.5, 0.6) is 0 Å². The van der Waals surface area contributed by atoms with Gasteiger partial charge in [0.2, 0.25) is 0 Å². The minimum absolute atomic E-state index is 0.288. The van der Waals surface area contributed by atoms with E-state index >= 15 is 0 Å². The molecule has 3 rings (SSSR count). The third-order valence-corrected chi connectivity index (χ3v) is 4.47. The molecule has 3 aromatic rings. The van der Waals surface area contributed by atoms with Crippen molar-refractivity contribution in [2.45, 2.75) is 6.92 Å². The van der Waals surface area contributed by atoms with Gasteiger partial charge in [0.1, 0.15) is 5.82 Å². The largest absolute Gasteiger partial charge is 0.355 e. The van der Waals surface area contributed by atoms with Gasteiger partial charge in [0, 0.05) is 16.9 Å². The first-order valence-electron chi connectivity index (χ1n) is 7.47. The quantitative estimate of drug-likeness (QED) is 0.435. The van der Waals surface area contributed by atoms with Gasteiger partial charge in [-0.2, -0.15) is 0 Å². The van der Waals surface area contributed by atoms with Crippen molar-refractivity contribution in [3.63, 3.8) is 0 Å². The maximum Gasteiger partial charge on any atom is 0.125 e. The van der Waals surface area contributed by atoms with Gasteiger partial charge in [0.25, 0.3) is 0 Å². The lowest BCUT2D eigenvalue weighted by molar-refractivity contribution is 0.628. The minimum atomic E-state index is -0.288. The Bertz CT molecular complexity index is 908. The molecule has 0 spiro atoms. The highest BCUT2D eigenvalue weighted by Gasteiger charge is 2.11. The monoisotopic (exact) mass is 355 g/mol. The number of benzene rings is 3. The average molecular weight is 356 g/mol. The lowest BCUT2D eigenvalue weighted by atomic mass is 10.00. The van der Waals surface area contributed by atoms with Crippen molar-refractivity contribution in [2.75, 3.05) is 5.32 Å². The van der Waals surface area contributed by atoms with Gasteiger partial charge in [-0.3, -0.25) is 0 Å². The van der Waals surface area contributed by atoms with Crippen LogP contribution in [0.25, 0.3) is 0 Å². The van der Waals surface area contributed by atoms with Crippen LogP contribution in [-0.2, 0) is 0 Å². The summed E-state index contributed by atoms with van der Waals surface area (Å²) in [6.45, 7) is 2.02. The molecule has 0 aliphatic rings. The molecule has 0 aliphatic heterocycles. The van der Waals surface area contributed by atoms with E-state index in [2.05, 4.69) is 5.32 Å². The van der Waals surface area contributed by atoms with Crippen LogP contribution in [0.4, 0.5) is 15.8 Å². The molecule has 0 aromatic heterocycles. The second kappa shape index (κ2) is 7.12. The Kier molecular flexibility index (Phi) is 4.93. The highest BCUT2D eigenvalue weighted by Crippen LogP contribution is 2.27. The third kappa shape index (κ3) is 3.64. The Morgan fingerprint density at radius 3 is 2.38 bits per heavy atom. The van der Waals surface area contributed by atoms with E-state index < -0.39 is 0 Å². The fourth-order valence-electron chi connectivity index (χ4n) is 2.48. The molecular formula is C20H15ClFNS. The van der Waals surface area contributed by atoms with E-state index in [0.717, 1.165) is 27.2 Å². The standard InChI is InChI=1S/C20H15ClFNS/c1-13-5-2-3-8-17(13)20(24)18-10-9-16(12-19(18)21)23-15-7-4-6-14(22)11-15/h2-12,23H,1H3. The molecule has 0 saturated heterocycles. The van der Waals surface area contributed by atoms with E-state index in [1.165, 1.54) is 12.1 Å². The third-order valence-electron chi connectivity index (χ3n) is 3.72. The molecule has 4 heteroatoms. The Balaban J connectivity index is 1.87. The second-order valence-electron chi connectivity index (χ2n) is 5.47. The number of aryl methyl sites for hydroxylation is 1. The van der Waals surface area contributed by atoms with Crippen LogP contribution in [0.3, 0.4) is 0 Å². The molecule has 1 N–H and O–H groups in total. The lowest BCUT2D eigenvalue weighted by Gasteiger charge is -2.12. The molecule has 0 atom stereocenters. The number of thiocarbonyl (C=S) groups is 1. The molecule has 0 amide bonds. The molecule has 0 saturated carbocycles. The fourth-order valence-corrected chi connectivity index (χ4v) is 3.22. The lowest BCUT2D eigenvalue weighted by Crippen LogP contribution is -2.03. The summed E-state index contributed by atoms with van der Waals surface area (Å²) in [7, 11) is 0. The van der Waals surface area contributed by atoms with Gasteiger partial charge in [0.05, 0.1) is 9.89 Å². The highest BCUT2D eigenvalue weighted by molar-refractivity contribution is 7.81. The highest BCUT2D eigenvalue weighted by atomic mass is 35.5. The number of anilines is 2. The van der Waals surface area contributed by atoms with Gasteiger partial charge in [-0.1, -0.05) is 54.2 Å². The van der Waals surface area contributed by atoms with Crippen molar-refractivity contribution in [1.82, 2.24) is 0 Å². The number of hydrogen-bond acceptors (Lipinski definition) is 2. The molecule has 0 radical (unpaired) electrons. The van der Waals surface area contributed by atoms with Crippen LogP contribution in [-0.4, -0.2) is 4.86 Å². The minimum Gasteiger partial charge on any atom is -0.355 e. The first-order chi connectivity index (χ1) is 11.5. The predicted molar refractivity (Wildman–Crippen MR) is 103 cm³/mol. The van der Waals surface area contributed by atoms with Gasteiger partial charge in [-0.25, -0.2) is 4.39 Å². The molecular weight excluding hydrogens is 341 g/mol. The van der Waals surface area contributed by atoms with E-state index in [-0.39, 0.29) is 5.82 Å². The summed E-state index contributed by atoms with van der Waals surface area (Å²) in [5.74, 6) is -0.288. The Morgan fingerprint density at radius 2 is 1.67 bits per heavy atom. The molecule has 0 aliphatic carbocycles. The fraction of sp³-hybridized carbons (Fsp3) is 0.0500. The smallest absolute Gasteiger partial charge is 0.125 e. The van der Waals surface area contributed by atoms with E-state index in [4.69, 9.17) is 23.8 Å². The van der Waals surface area contributed by atoms with E-state index in [0.29, 0.717) is 10.7 Å². The van der Waals surface area contributed by atoms with Crippen molar-refractivity contribution < 1.29 is 4.39 Å². The average Bonchev–Trinajstić information content (AvgIpc) is 2.55. The zero-order valence-corrected chi connectivity index (χ0v) is 14.6. The summed E-state index contributed by atoms with van der Waals surface area (Å²) < 4.78 is 13.3. The van der Waals surface area contributed by atoms with Crippen molar-refractivity contribution >= 4 is 40.1 Å². The number of rotatable bonds is 4. The molecule has 120 valence electrons. The SMILES string of the molecule is Cc1ccccc1C(=S)c1ccc(Nc2cccc(F)c2)cc1Cl. The molecule has 3 aromatic carbocycles. The van der Waals surface area contributed by atoms with E-state index in [1.807, 2.05) is 43.3 Å². The summed E-state index contributed by atoms with van der Waals surface area (Å²) in [6.07, 6.45) is 0. The van der Waals surface area contributed by atoms with Crippen molar-refractivity contribution in [3.05, 3.63) is 94.3 Å². The van der Waals surface area contributed by atoms with Crippen LogP contribution >= 0.6 is 23.8 Å². The zero-order chi connectivity index (χ0) is 17.1. The van der Waals surface area contributed by atoms with Gasteiger partial charge >= 0.3 is 0 Å². The zero-order valence-electron chi connectivity index (χ0n) is 13.0. The number of hydrogen-bond donors (Lipinski definition) is 1. The number of nitrogens with one attached hydrogen (secondary N) is 1. The summed E-state index contributed by atoms with van der Waals surface area (Å²) in [5, 5.41) is 3.70. The maximum absolute atomic E-state index is 13.3. The number of halogens is 2. The van der Waals surface area contributed by atoms with Crippen LogP contribution in [0, 0.1) is 12.7 Å². The Hall–Kier alpha value is -2.23. The van der Waals surface area contributed by atoms with Gasteiger partial charge in [-0.15, -0.1) is 0 Å². The van der Waals surface area contributed by atoms with E-state index in [1.54, 1.807) is 18.2 Å². The van der Waals surface area contributed by atoms with Crippen LogP contribution in [0.15, 0.2) is 66.7 Å². The topological polar surface area (TPSA) is 12.0 Å². The molecule has 0 bridgehead atoms. The van der Waals surface area contributed by atoms with Gasteiger partial charge in [0.15, 0.2) is 0 Å². The molecule has 24 heavy (non-hydrogen) atoms. The van der Waals surface area contributed by atoms with Crippen LogP contribution in [0.1, 0.15) is 16.7 Å². The van der Waals surface area contributed by atoms with Crippen molar-refractivity contribution in [1.29, 1.82) is 0 Å². The van der Waals surface area contributed by atoms with E-state index in [9.17, 15) is 4.39 Å². The molecule has 1 nitrogen and oxygen atoms in total. The Labute approximate surface area is 151 Å². The maximum atomic E-state index is 13.3. The first-order valence-corrected chi connectivity index (χ1v) is 8.26. The van der Waals surface area contributed by atoms with Crippen LogP contribution in [0.2, 0.25) is 5.02 Å². The molecule has 0 heterocycles. The summed E-state index contributed by atoms with van der Waals surface area (Å²) in [4.78, 5) is 0.718. The summed E-state index contributed by atoms with van der Waals surface area (Å²) in [6, 6.07) is 19.8. The van der Waals surface area contributed by atoms with Crippen molar-refractivity contribution in [2.24, 2.45) is 0 Å². The van der Waals surface area contributed by atoms with Gasteiger partial charge in [-0.05, 0) is 54.4 Å². The Morgan fingerprint density at radius 1 is 0.917 bits per heavy atom. The molecule has 0 unspecified atom stereocenters. The molecule has 0 fully saturated rings. The predicted octanol–water partition coefficient (Wildman–Crippen LogP) is 6.30. The van der Waals surface area contributed by atoms with Gasteiger partial charge < -0.3 is 5.32 Å². The normalized spacial score (nSPS) is 10.5.